The minimum Gasteiger partial charge on any atom is -1.00 e. The van der Waals surface area contributed by atoms with Crippen LogP contribution >= 0.6 is 0 Å². The Bertz CT molecular complexity index is 27.8. The maximum atomic E-state index is 5.16. The van der Waals surface area contributed by atoms with Gasteiger partial charge in [0.05, 0.1) is 0 Å². The van der Waals surface area contributed by atoms with Gasteiger partial charge in [-0.05, 0) is 25.9 Å². The number of hydrogen-bond donors (Lipinski definition) is 3. The van der Waals surface area contributed by atoms with E-state index in [1.54, 1.807) is 0 Å². The molecule has 0 saturated carbocycles. The van der Waals surface area contributed by atoms with Gasteiger partial charge in [0, 0.05) is 21.1 Å². The Morgan fingerprint density at radius 1 is 0.889 bits per heavy atom. The first-order valence-corrected chi connectivity index (χ1v) is 2.32. The van der Waals surface area contributed by atoms with Gasteiger partial charge in [0.2, 0.25) is 0 Å². The van der Waals surface area contributed by atoms with E-state index in [0.29, 0.717) is 0 Å². The molecular weight excluding hydrogens is 321 g/mol. The summed E-state index contributed by atoms with van der Waals surface area (Å²) < 4.78 is 0. The molecule has 9 heavy (non-hydrogen) atoms. The van der Waals surface area contributed by atoms with E-state index in [9.17, 15) is 0 Å². The minimum atomic E-state index is 0. The maximum absolute atomic E-state index is 5.16. The van der Waals surface area contributed by atoms with Crippen molar-refractivity contribution in [3.8, 4) is 0 Å². The van der Waals surface area contributed by atoms with E-state index in [1.165, 1.54) is 0 Å². The number of nitrogens with two attached hydrogens (primary N) is 2. The van der Waals surface area contributed by atoms with Gasteiger partial charge in [0.15, 0.2) is 0 Å². The molecular formula is C4H15ClN3Pt-. The summed E-state index contributed by atoms with van der Waals surface area (Å²) in [5.41, 5.74) is 10.3. The normalized spacial score (nSPS) is 6.00. The topological polar surface area (TPSA) is 87.0 Å². The summed E-state index contributed by atoms with van der Waals surface area (Å²) in [7, 11) is 0. The molecule has 3 nitrogen and oxygen atoms in total. The van der Waals surface area contributed by atoms with Crippen molar-refractivity contribution in [2.24, 2.45) is 11.5 Å². The van der Waals surface area contributed by atoms with Crippen LogP contribution < -0.4 is 30.0 Å². The van der Waals surface area contributed by atoms with Crippen molar-refractivity contribution in [1.29, 1.82) is 0 Å². The van der Waals surface area contributed by atoms with Crippen molar-refractivity contribution in [1.82, 2.24) is 6.15 Å². The van der Waals surface area contributed by atoms with Crippen molar-refractivity contribution in [3.63, 3.8) is 0 Å². The Balaban J connectivity index is -0.0000000417. The quantitative estimate of drug-likeness (QED) is 0.476. The minimum absolute atomic E-state index is 0. The largest absolute Gasteiger partial charge is 1.00 e. The number of rotatable bonds is 3. The second kappa shape index (κ2) is 23.2. The van der Waals surface area contributed by atoms with Crippen LogP contribution in [-0.4, -0.2) is 13.1 Å². The molecule has 0 bridgehead atoms. The molecule has 0 radical (unpaired) electrons. The zero-order valence-corrected chi connectivity index (χ0v) is 8.41. The predicted octanol–water partition coefficient (Wildman–Crippen LogP) is -3.15. The monoisotopic (exact) mass is 335 g/mol. The molecule has 0 heterocycles. The van der Waals surface area contributed by atoms with Crippen molar-refractivity contribution >= 4 is 0 Å². The maximum Gasteiger partial charge on any atom is 0 e. The zero-order valence-electron chi connectivity index (χ0n) is 5.38. The molecule has 0 aliphatic rings. The van der Waals surface area contributed by atoms with Gasteiger partial charge >= 0.3 is 0 Å². The first kappa shape index (κ1) is 22.5. The summed E-state index contributed by atoms with van der Waals surface area (Å²) in [5.74, 6) is 0. The van der Waals surface area contributed by atoms with Crippen LogP contribution in [0, 0.1) is 0 Å². The molecule has 0 aliphatic carbocycles. The molecule has 0 rings (SSSR count). The number of halogens is 1. The van der Waals surface area contributed by atoms with Gasteiger partial charge in [-0.25, -0.2) is 0 Å². The third-order valence-electron chi connectivity index (χ3n) is 0.658. The Morgan fingerprint density at radius 3 is 1.22 bits per heavy atom. The molecule has 0 unspecified atom stereocenters. The van der Waals surface area contributed by atoms with E-state index < -0.39 is 0 Å². The van der Waals surface area contributed by atoms with Gasteiger partial charge in [0.1, 0.15) is 0 Å². The van der Waals surface area contributed by atoms with Crippen molar-refractivity contribution in [2.45, 2.75) is 12.8 Å². The molecule has 7 N–H and O–H groups in total. The van der Waals surface area contributed by atoms with Gasteiger partial charge < -0.3 is 30.0 Å². The molecule has 0 aromatic carbocycles. The molecule has 0 aliphatic heterocycles. The molecule has 64 valence electrons. The SMILES string of the molecule is N.NCCCCN.[Cl-].[Pt]. The molecule has 5 heteroatoms. The second-order valence-electron chi connectivity index (χ2n) is 1.28. The van der Waals surface area contributed by atoms with Crippen LogP contribution in [0.15, 0.2) is 0 Å². The Morgan fingerprint density at radius 2 is 1.11 bits per heavy atom. The number of hydrogen-bond acceptors (Lipinski definition) is 3. The Kier molecular flexibility index (Phi) is 58.0. The predicted molar refractivity (Wildman–Crippen MR) is 32.4 cm³/mol. The summed E-state index contributed by atoms with van der Waals surface area (Å²) in [4.78, 5) is 0. The molecule has 0 aromatic rings. The Hall–Kier alpha value is 0.858. The second-order valence-corrected chi connectivity index (χ2v) is 1.28. The average molecular weight is 336 g/mol. The van der Waals surface area contributed by atoms with Crippen LogP contribution in [0.3, 0.4) is 0 Å². The van der Waals surface area contributed by atoms with Crippen LogP contribution in [-0.2, 0) is 21.1 Å². The number of unbranched alkanes of at least 4 members (excludes halogenated alkanes) is 1. The first-order chi connectivity index (χ1) is 2.91. The smallest absolute Gasteiger partial charge is 0 e. The van der Waals surface area contributed by atoms with Crippen LogP contribution in [0.2, 0.25) is 0 Å². The van der Waals surface area contributed by atoms with Crippen molar-refractivity contribution in [2.75, 3.05) is 13.1 Å². The summed E-state index contributed by atoms with van der Waals surface area (Å²) >= 11 is 0. The first-order valence-electron chi connectivity index (χ1n) is 2.32. The summed E-state index contributed by atoms with van der Waals surface area (Å²) in [6.07, 6.45) is 2.13. The fourth-order valence-corrected chi connectivity index (χ4v) is 0.289. The molecule has 0 spiro atoms. The van der Waals surface area contributed by atoms with Crippen LogP contribution in [0.25, 0.3) is 0 Å². The fourth-order valence-electron chi connectivity index (χ4n) is 0.289. The fraction of sp³-hybridized carbons (Fsp3) is 1.00. The van der Waals surface area contributed by atoms with Gasteiger partial charge in [0.25, 0.3) is 0 Å². The van der Waals surface area contributed by atoms with E-state index in [0.717, 1.165) is 25.9 Å². The van der Waals surface area contributed by atoms with E-state index in [2.05, 4.69) is 0 Å². The summed E-state index contributed by atoms with van der Waals surface area (Å²) in [6.45, 7) is 1.55. The van der Waals surface area contributed by atoms with Gasteiger partial charge in [-0.3, -0.25) is 0 Å². The van der Waals surface area contributed by atoms with Crippen molar-refractivity contribution < 1.29 is 33.5 Å². The van der Waals surface area contributed by atoms with E-state index in [-0.39, 0.29) is 39.6 Å². The average Bonchev–Trinajstić information content (AvgIpc) is 1.61. The van der Waals surface area contributed by atoms with E-state index in [4.69, 9.17) is 11.5 Å². The van der Waals surface area contributed by atoms with Crippen LogP contribution in [0.5, 0.6) is 0 Å². The molecule has 0 atom stereocenters. The van der Waals surface area contributed by atoms with Gasteiger partial charge in [-0.2, -0.15) is 0 Å². The van der Waals surface area contributed by atoms with E-state index >= 15 is 0 Å². The van der Waals surface area contributed by atoms with Crippen LogP contribution in [0.1, 0.15) is 12.8 Å². The molecule has 0 aromatic heterocycles. The summed E-state index contributed by atoms with van der Waals surface area (Å²) in [6, 6.07) is 0. The van der Waals surface area contributed by atoms with Gasteiger partial charge in [-0.15, -0.1) is 0 Å². The van der Waals surface area contributed by atoms with Crippen molar-refractivity contribution in [3.05, 3.63) is 0 Å². The molecule has 0 fully saturated rings. The Labute approximate surface area is 77.2 Å². The third-order valence-corrected chi connectivity index (χ3v) is 0.658. The third kappa shape index (κ3) is 28.0. The zero-order chi connectivity index (χ0) is 4.83. The van der Waals surface area contributed by atoms with Gasteiger partial charge in [-0.1, -0.05) is 0 Å². The molecule has 0 saturated heterocycles. The van der Waals surface area contributed by atoms with Crippen LogP contribution in [0.4, 0.5) is 0 Å². The van der Waals surface area contributed by atoms with E-state index in [1.807, 2.05) is 0 Å². The molecule has 0 amide bonds. The standard InChI is InChI=1S/C4H12N2.ClH.H3N.Pt/c5-3-1-2-4-6;;;/h1-6H2;1H;1H3;/p-1. The summed E-state index contributed by atoms with van der Waals surface area (Å²) in [5, 5.41) is 0.